The molecule has 0 fully saturated rings. The number of amides is 2. The van der Waals surface area contributed by atoms with Crippen molar-refractivity contribution >= 4 is 17.5 Å². The predicted molar refractivity (Wildman–Crippen MR) is 128 cm³/mol. The van der Waals surface area contributed by atoms with Crippen LogP contribution in [0.25, 0.3) is 0 Å². The Bertz CT molecular complexity index is 1120. The Labute approximate surface area is 188 Å². The van der Waals surface area contributed by atoms with Crippen LogP contribution >= 0.6 is 0 Å². The summed E-state index contributed by atoms with van der Waals surface area (Å²) in [6.45, 7) is 6.80. The van der Waals surface area contributed by atoms with E-state index in [1.54, 1.807) is 30.3 Å². The van der Waals surface area contributed by atoms with Crippen molar-refractivity contribution in [2.24, 2.45) is 0 Å². The first-order valence-electron chi connectivity index (χ1n) is 10.8. The Hall–Kier alpha value is -3.70. The lowest BCUT2D eigenvalue weighted by Crippen LogP contribution is -2.30. The summed E-state index contributed by atoms with van der Waals surface area (Å²) in [7, 11) is 0. The minimum atomic E-state index is -0.251. The monoisotopic (exact) mass is 425 g/mol. The summed E-state index contributed by atoms with van der Waals surface area (Å²) in [5.41, 5.74) is 5.46. The number of para-hydroxylation sites is 1. The molecule has 0 aromatic heterocycles. The molecule has 4 rings (SSSR count). The molecular weight excluding hydrogens is 398 g/mol. The van der Waals surface area contributed by atoms with Gasteiger partial charge in [0.25, 0.3) is 11.8 Å². The second-order valence-corrected chi connectivity index (χ2v) is 7.92. The number of carbonyl (C=O) groups excluding carboxylic acids is 2. The molecule has 32 heavy (non-hydrogen) atoms. The average molecular weight is 426 g/mol. The zero-order valence-corrected chi connectivity index (χ0v) is 18.0. The summed E-state index contributed by atoms with van der Waals surface area (Å²) in [4.78, 5) is 27.5. The van der Waals surface area contributed by atoms with Gasteiger partial charge in [0.2, 0.25) is 0 Å². The molecule has 3 aromatic rings. The zero-order chi connectivity index (χ0) is 22.3. The van der Waals surface area contributed by atoms with E-state index < -0.39 is 0 Å². The highest BCUT2D eigenvalue weighted by atomic mass is 16.2. The lowest BCUT2D eigenvalue weighted by Gasteiger charge is -2.28. The largest absolute Gasteiger partial charge is 0.349 e. The van der Waals surface area contributed by atoms with E-state index in [4.69, 9.17) is 0 Å². The Morgan fingerprint density at radius 3 is 2.41 bits per heavy atom. The number of nitrogens with zero attached hydrogens (tertiary/aromatic N) is 1. The smallest absolute Gasteiger partial charge is 0.255 e. The van der Waals surface area contributed by atoms with E-state index in [-0.39, 0.29) is 11.8 Å². The quantitative estimate of drug-likeness (QED) is 0.551. The van der Waals surface area contributed by atoms with Gasteiger partial charge >= 0.3 is 0 Å². The number of carbonyl (C=O) groups is 2. The molecule has 2 amide bonds. The molecule has 5 nitrogen and oxygen atoms in total. The lowest BCUT2D eigenvalue weighted by molar-refractivity contribution is 0.0959. The van der Waals surface area contributed by atoms with Crippen molar-refractivity contribution in [2.45, 2.75) is 19.5 Å². The molecule has 0 bridgehead atoms. The highest BCUT2D eigenvalue weighted by Gasteiger charge is 2.17. The van der Waals surface area contributed by atoms with Crippen molar-refractivity contribution in [1.82, 2.24) is 10.2 Å². The maximum atomic E-state index is 12.8. The number of hydrogen-bond acceptors (Lipinski definition) is 3. The number of fused-ring (bicyclic) bond motifs is 1. The first kappa shape index (κ1) is 21.5. The fraction of sp³-hybridized carbons (Fsp3) is 0.185. The summed E-state index contributed by atoms with van der Waals surface area (Å²) in [5, 5.41) is 5.60. The molecule has 0 saturated heterocycles. The summed E-state index contributed by atoms with van der Waals surface area (Å²) >= 11 is 0. The van der Waals surface area contributed by atoms with Crippen molar-refractivity contribution in [2.75, 3.05) is 18.4 Å². The van der Waals surface area contributed by atoms with E-state index in [2.05, 4.69) is 46.4 Å². The van der Waals surface area contributed by atoms with Crippen LogP contribution < -0.4 is 10.6 Å². The zero-order valence-electron chi connectivity index (χ0n) is 18.0. The first-order chi connectivity index (χ1) is 15.6. The first-order valence-corrected chi connectivity index (χ1v) is 10.8. The van der Waals surface area contributed by atoms with Crippen molar-refractivity contribution in [3.05, 3.63) is 113 Å². The van der Waals surface area contributed by atoms with Crippen LogP contribution in [-0.4, -0.2) is 29.8 Å². The molecular formula is C27H27N3O2. The Balaban J connectivity index is 1.39. The van der Waals surface area contributed by atoms with Crippen LogP contribution in [0, 0.1) is 0 Å². The van der Waals surface area contributed by atoms with Gasteiger partial charge in [-0.15, -0.1) is 6.58 Å². The lowest BCUT2D eigenvalue weighted by atomic mass is 9.99. The molecule has 162 valence electrons. The van der Waals surface area contributed by atoms with E-state index in [0.717, 1.165) is 26.1 Å². The van der Waals surface area contributed by atoms with Crippen LogP contribution in [0.2, 0.25) is 0 Å². The van der Waals surface area contributed by atoms with Gasteiger partial charge in [0.1, 0.15) is 0 Å². The van der Waals surface area contributed by atoms with Gasteiger partial charge in [-0.1, -0.05) is 54.6 Å². The third-order valence-electron chi connectivity index (χ3n) is 5.66. The summed E-state index contributed by atoms with van der Waals surface area (Å²) in [6.07, 6.45) is 2.68. The maximum Gasteiger partial charge on any atom is 0.255 e. The van der Waals surface area contributed by atoms with Crippen molar-refractivity contribution < 1.29 is 9.59 Å². The Morgan fingerprint density at radius 2 is 1.62 bits per heavy atom. The van der Waals surface area contributed by atoms with Gasteiger partial charge in [0.15, 0.2) is 0 Å². The van der Waals surface area contributed by atoms with Gasteiger partial charge in [-0.05, 0) is 47.4 Å². The second-order valence-electron chi connectivity index (χ2n) is 7.92. The van der Waals surface area contributed by atoms with E-state index in [9.17, 15) is 9.59 Å². The van der Waals surface area contributed by atoms with Gasteiger partial charge in [-0.25, -0.2) is 0 Å². The molecule has 1 heterocycles. The van der Waals surface area contributed by atoms with Crippen molar-refractivity contribution in [3.63, 3.8) is 0 Å². The highest BCUT2D eigenvalue weighted by Crippen LogP contribution is 2.21. The molecule has 1 aliphatic heterocycles. The molecule has 0 atom stereocenters. The molecule has 3 aromatic carbocycles. The van der Waals surface area contributed by atoms with E-state index in [1.165, 1.54) is 16.7 Å². The SMILES string of the molecule is C=CCNC(=O)c1ccccc1NC(=O)c1ccc(CN2CCc3ccccc3C2)cc1. The predicted octanol–water partition coefficient (Wildman–Crippen LogP) is 4.41. The normalized spacial score (nSPS) is 13.1. The van der Waals surface area contributed by atoms with Crippen LogP contribution in [-0.2, 0) is 19.5 Å². The second kappa shape index (κ2) is 10.1. The minimum Gasteiger partial charge on any atom is -0.349 e. The number of anilines is 1. The average Bonchev–Trinajstić information content (AvgIpc) is 2.83. The van der Waals surface area contributed by atoms with Crippen LogP contribution in [0.4, 0.5) is 5.69 Å². The fourth-order valence-corrected chi connectivity index (χ4v) is 3.95. The number of benzene rings is 3. The Morgan fingerprint density at radius 1 is 0.906 bits per heavy atom. The van der Waals surface area contributed by atoms with Crippen LogP contribution in [0.3, 0.4) is 0 Å². The Kier molecular flexibility index (Phi) is 6.78. The van der Waals surface area contributed by atoms with Crippen LogP contribution in [0.15, 0.2) is 85.5 Å². The molecule has 0 saturated carbocycles. The highest BCUT2D eigenvalue weighted by molar-refractivity contribution is 6.09. The third kappa shape index (κ3) is 5.13. The third-order valence-corrected chi connectivity index (χ3v) is 5.66. The minimum absolute atomic E-state index is 0.243. The molecule has 0 unspecified atom stereocenters. The van der Waals surface area contributed by atoms with Crippen LogP contribution in [0.1, 0.15) is 37.4 Å². The molecule has 1 aliphatic rings. The molecule has 0 spiro atoms. The standard InChI is InChI=1S/C27H27N3O2/c1-2-16-28-27(32)24-9-5-6-10-25(24)29-26(31)22-13-11-20(12-14-22)18-30-17-15-21-7-3-4-8-23(21)19-30/h2-14H,1,15-19H2,(H,28,32)(H,29,31). The van der Waals surface area contributed by atoms with Gasteiger partial charge in [-0.2, -0.15) is 0 Å². The summed E-state index contributed by atoms with van der Waals surface area (Å²) in [6, 6.07) is 23.2. The van der Waals surface area contributed by atoms with E-state index in [1.807, 2.05) is 24.3 Å². The summed E-state index contributed by atoms with van der Waals surface area (Å²) < 4.78 is 0. The molecule has 2 N–H and O–H groups in total. The van der Waals surface area contributed by atoms with Gasteiger partial charge < -0.3 is 10.6 Å². The fourth-order valence-electron chi connectivity index (χ4n) is 3.95. The van der Waals surface area contributed by atoms with E-state index >= 15 is 0 Å². The number of nitrogens with one attached hydrogen (secondary N) is 2. The number of rotatable bonds is 7. The van der Waals surface area contributed by atoms with E-state index in [0.29, 0.717) is 23.4 Å². The van der Waals surface area contributed by atoms with Gasteiger partial charge in [-0.3, -0.25) is 14.5 Å². The topological polar surface area (TPSA) is 61.4 Å². The van der Waals surface area contributed by atoms with Gasteiger partial charge in [0.05, 0.1) is 11.3 Å². The van der Waals surface area contributed by atoms with Crippen molar-refractivity contribution in [1.29, 1.82) is 0 Å². The van der Waals surface area contributed by atoms with Crippen LogP contribution in [0.5, 0.6) is 0 Å². The van der Waals surface area contributed by atoms with Gasteiger partial charge in [0, 0.05) is 31.7 Å². The maximum absolute atomic E-state index is 12.8. The number of hydrogen-bond donors (Lipinski definition) is 2. The van der Waals surface area contributed by atoms with Crippen molar-refractivity contribution in [3.8, 4) is 0 Å². The summed E-state index contributed by atoms with van der Waals surface area (Å²) in [5.74, 6) is -0.494. The molecule has 5 heteroatoms. The molecule has 0 aliphatic carbocycles. The molecule has 0 radical (unpaired) electrons.